The lowest BCUT2D eigenvalue weighted by atomic mass is 9.82. The number of rotatable bonds is 2. The normalized spacial score (nSPS) is 13.8. The van der Waals surface area contributed by atoms with Gasteiger partial charge < -0.3 is 20.5 Å². The van der Waals surface area contributed by atoms with Crippen LogP contribution in [-0.4, -0.2) is 21.7 Å². The zero-order valence-corrected chi connectivity index (χ0v) is 16.2. The molecule has 3 aromatic rings. The molecule has 0 fully saturated rings. The summed E-state index contributed by atoms with van der Waals surface area (Å²) in [6.07, 6.45) is 0.679. The molecule has 0 radical (unpaired) electrons. The zero-order chi connectivity index (χ0) is 20.3. The van der Waals surface area contributed by atoms with Gasteiger partial charge in [0.2, 0.25) is 5.88 Å². The van der Waals surface area contributed by atoms with E-state index in [2.05, 4.69) is 15.5 Å². The van der Waals surface area contributed by atoms with E-state index in [-0.39, 0.29) is 23.1 Å². The number of halogens is 1. The minimum Gasteiger partial charge on any atom is -0.507 e. The van der Waals surface area contributed by atoms with Crippen LogP contribution < -0.4 is 5.32 Å². The number of aromatic nitrogens is 1. The second-order valence-electron chi connectivity index (χ2n) is 7.46. The number of fused-ring (bicyclic) bond motifs is 3. The number of nitroso groups, excluding NO2 is 1. The molecule has 4 N–H and O–H groups in total. The fourth-order valence-electron chi connectivity index (χ4n) is 4.45. The smallest absolute Gasteiger partial charge is 0.219 e. The molecule has 0 spiro atoms. The van der Waals surface area contributed by atoms with Crippen LogP contribution in [0.2, 0.25) is 0 Å². The van der Waals surface area contributed by atoms with Gasteiger partial charge in [0.1, 0.15) is 11.6 Å². The molecule has 4 rings (SSSR count). The number of aromatic amines is 1. The molecule has 1 aliphatic rings. The lowest BCUT2D eigenvalue weighted by molar-refractivity contribution is 0.459. The van der Waals surface area contributed by atoms with Crippen LogP contribution in [-0.2, 0) is 13.0 Å². The van der Waals surface area contributed by atoms with Crippen LogP contribution in [0.15, 0.2) is 5.18 Å². The fourth-order valence-corrected chi connectivity index (χ4v) is 4.45. The predicted octanol–water partition coefficient (Wildman–Crippen LogP) is 4.66. The van der Waals surface area contributed by atoms with Crippen molar-refractivity contribution in [1.82, 2.24) is 10.3 Å². The number of phenols is 1. The van der Waals surface area contributed by atoms with Crippen molar-refractivity contribution in [3.63, 3.8) is 0 Å². The predicted molar refractivity (Wildman–Crippen MR) is 107 cm³/mol. The van der Waals surface area contributed by atoms with Gasteiger partial charge >= 0.3 is 0 Å². The van der Waals surface area contributed by atoms with E-state index >= 15 is 0 Å². The van der Waals surface area contributed by atoms with E-state index < -0.39 is 0 Å². The summed E-state index contributed by atoms with van der Waals surface area (Å²) in [6, 6.07) is 0. The van der Waals surface area contributed by atoms with Crippen molar-refractivity contribution in [3.05, 3.63) is 44.1 Å². The van der Waals surface area contributed by atoms with Gasteiger partial charge in [-0.2, -0.15) is 0 Å². The molecule has 0 unspecified atom stereocenters. The Morgan fingerprint density at radius 1 is 0.964 bits per heavy atom. The Balaban J connectivity index is 2.24. The minimum absolute atomic E-state index is 0.0416. The van der Waals surface area contributed by atoms with Crippen molar-refractivity contribution in [1.29, 1.82) is 0 Å². The first-order chi connectivity index (χ1) is 13.3. The highest BCUT2D eigenvalue weighted by Crippen LogP contribution is 2.49. The monoisotopic (exact) mass is 383 g/mol. The molecule has 0 saturated carbocycles. The number of hydrogen-bond donors (Lipinski definition) is 4. The van der Waals surface area contributed by atoms with Gasteiger partial charge in [-0.1, -0.05) is 0 Å². The molecule has 0 amide bonds. The lowest BCUT2D eigenvalue weighted by Gasteiger charge is -2.26. The number of nitrogens with zero attached hydrogens (tertiary/aromatic N) is 1. The molecule has 1 aliphatic heterocycles. The van der Waals surface area contributed by atoms with Gasteiger partial charge in [-0.15, -0.1) is 4.91 Å². The van der Waals surface area contributed by atoms with Gasteiger partial charge in [-0.25, -0.2) is 4.39 Å². The number of benzene rings is 2. The maximum absolute atomic E-state index is 14.9. The van der Waals surface area contributed by atoms with Gasteiger partial charge in [0.15, 0.2) is 5.69 Å². The SMILES string of the molecule is Cc1c(C)c(F)c(C)c(-c2c3c(c4[nH]c(O)c(N=O)c4c2C)CNCC3)c1O. The van der Waals surface area contributed by atoms with E-state index in [0.29, 0.717) is 57.2 Å². The first-order valence-corrected chi connectivity index (χ1v) is 9.21. The third kappa shape index (κ3) is 2.29. The highest BCUT2D eigenvalue weighted by atomic mass is 19.1. The summed E-state index contributed by atoms with van der Waals surface area (Å²) in [5, 5.41) is 27.9. The molecule has 0 aliphatic carbocycles. The standard InChI is InChI=1S/C21H22FN3O3/c1-8-9(2)20(26)15(11(4)17(8)22)14-10(3)16-18(24-21(27)19(16)25-28)13-7-23-6-5-12(13)14/h23-24,26-27H,5-7H2,1-4H3. The molecule has 2 heterocycles. The van der Waals surface area contributed by atoms with E-state index in [0.717, 1.165) is 17.7 Å². The Labute approximate surface area is 161 Å². The summed E-state index contributed by atoms with van der Waals surface area (Å²) < 4.78 is 14.9. The van der Waals surface area contributed by atoms with Crippen molar-refractivity contribution in [2.45, 2.75) is 40.7 Å². The van der Waals surface area contributed by atoms with E-state index in [4.69, 9.17) is 0 Å². The summed E-state index contributed by atoms with van der Waals surface area (Å²) in [5.74, 6) is -0.594. The number of H-pyrrole nitrogens is 1. The second kappa shape index (κ2) is 6.31. The van der Waals surface area contributed by atoms with Crippen LogP contribution in [0.5, 0.6) is 11.6 Å². The topological polar surface area (TPSA) is 97.7 Å². The van der Waals surface area contributed by atoms with Crippen molar-refractivity contribution < 1.29 is 14.6 Å². The summed E-state index contributed by atoms with van der Waals surface area (Å²) in [7, 11) is 0. The van der Waals surface area contributed by atoms with Crippen LogP contribution in [0.3, 0.4) is 0 Å². The second-order valence-corrected chi connectivity index (χ2v) is 7.46. The number of aryl methyl sites for hydroxylation is 1. The molecular weight excluding hydrogens is 361 g/mol. The lowest BCUT2D eigenvalue weighted by Crippen LogP contribution is -2.25. The van der Waals surface area contributed by atoms with Crippen molar-refractivity contribution in [3.8, 4) is 22.8 Å². The van der Waals surface area contributed by atoms with Gasteiger partial charge in [0.25, 0.3) is 0 Å². The molecule has 146 valence electrons. The van der Waals surface area contributed by atoms with E-state index in [1.165, 1.54) is 0 Å². The molecule has 1 aromatic heterocycles. The van der Waals surface area contributed by atoms with E-state index in [1.54, 1.807) is 20.8 Å². The van der Waals surface area contributed by atoms with Crippen molar-refractivity contribution in [2.24, 2.45) is 5.18 Å². The summed E-state index contributed by atoms with van der Waals surface area (Å²) in [4.78, 5) is 14.3. The van der Waals surface area contributed by atoms with Gasteiger partial charge in [-0.05, 0) is 84.8 Å². The van der Waals surface area contributed by atoms with Gasteiger partial charge in [0.05, 0.1) is 5.52 Å². The number of phenolic OH excluding ortho intramolecular Hbond substituents is 1. The molecule has 7 heteroatoms. The summed E-state index contributed by atoms with van der Waals surface area (Å²) >= 11 is 0. The Morgan fingerprint density at radius 2 is 1.68 bits per heavy atom. The van der Waals surface area contributed by atoms with Crippen LogP contribution in [0.4, 0.5) is 10.1 Å². The largest absolute Gasteiger partial charge is 0.507 e. The van der Waals surface area contributed by atoms with Crippen LogP contribution in [0.25, 0.3) is 22.0 Å². The third-order valence-corrected chi connectivity index (χ3v) is 6.06. The Bertz CT molecular complexity index is 1140. The average molecular weight is 383 g/mol. The first-order valence-electron chi connectivity index (χ1n) is 9.21. The summed E-state index contributed by atoms with van der Waals surface area (Å²) in [6.45, 7) is 8.08. The molecule has 6 nitrogen and oxygen atoms in total. The van der Waals surface area contributed by atoms with E-state index in [9.17, 15) is 19.5 Å². The van der Waals surface area contributed by atoms with Crippen LogP contribution in [0.1, 0.15) is 33.4 Å². The maximum Gasteiger partial charge on any atom is 0.219 e. The fraction of sp³-hybridized carbons (Fsp3) is 0.333. The Hall–Kier alpha value is -2.93. The van der Waals surface area contributed by atoms with Crippen LogP contribution in [0, 0.1) is 38.4 Å². The molecule has 0 saturated heterocycles. The number of nitrogens with one attached hydrogen (secondary N) is 2. The zero-order valence-electron chi connectivity index (χ0n) is 16.2. The molecule has 28 heavy (non-hydrogen) atoms. The number of hydrogen-bond acceptors (Lipinski definition) is 5. The molecule has 0 atom stereocenters. The van der Waals surface area contributed by atoms with Gasteiger partial charge in [-0.3, -0.25) is 0 Å². The van der Waals surface area contributed by atoms with Crippen LogP contribution >= 0.6 is 0 Å². The first kappa shape index (κ1) is 18.4. The highest BCUT2D eigenvalue weighted by Gasteiger charge is 2.29. The molecular formula is C21H22FN3O3. The van der Waals surface area contributed by atoms with Gasteiger partial charge in [0, 0.05) is 17.5 Å². The molecule has 2 aromatic carbocycles. The maximum atomic E-state index is 14.9. The Morgan fingerprint density at radius 3 is 2.36 bits per heavy atom. The minimum atomic E-state index is -0.349. The Kier molecular flexibility index (Phi) is 4.15. The van der Waals surface area contributed by atoms with Crippen molar-refractivity contribution >= 4 is 16.6 Å². The number of aromatic hydroxyl groups is 2. The highest BCUT2D eigenvalue weighted by molar-refractivity contribution is 6.04. The van der Waals surface area contributed by atoms with Crippen molar-refractivity contribution in [2.75, 3.05) is 6.54 Å². The summed E-state index contributed by atoms with van der Waals surface area (Å²) in [5.41, 5.74) is 5.56. The molecule has 0 bridgehead atoms. The third-order valence-electron chi connectivity index (χ3n) is 6.06. The van der Waals surface area contributed by atoms with E-state index in [1.807, 2.05) is 6.92 Å². The quantitative estimate of drug-likeness (QED) is 0.484. The average Bonchev–Trinajstić information content (AvgIpc) is 3.04.